The van der Waals surface area contributed by atoms with Gasteiger partial charge in [0.2, 0.25) is 8.32 Å². The molecular weight excluding hydrogens is 348 g/mol. The standard InChI is InChI=1S/C24H46O2Si/c1-8-14-16-23-22(20(7)19-25-21(9-2)10-3)17-15-18-24(23)26-27(11-4,12-5)13-6/h21-22H,7-19H2,1-6H3/t22-/m1/s1. The number of unbranched alkanes of at least 4 members (excludes halogenated alkanes) is 1. The van der Waals surface area contributed by atoms with Crippen molar-refractivity contribution in [3.05, 3.63) is 23.5 Å². The van der Waals surface area contributed by atoms with Gasteiger partial charge in [-0.25, -0.2) is 0 Å². The lowest BCUT2D eigenvalue weighted by molar-refractivity contribution is 0.0606. The van der Waals surface area contributed by atoms with E-state index in [4.69, 9.17) is 9.16 Å². The van der Waals surface area contributed by atoms with E-state index in [1.54, 1.807) is 5.57 Å². The molecule has 158 valence electrons. The highest BCUT2D eigenvalue weighted by atomic mass is 28.4. The first-order valence-electron chi connectivity index (χ1n) is 11.7. The molecule has 0 fully saturated rings. The molecular formula is C24H46O2Si. The van der Waals surface area contributed by atoms with Gasteiger partial charge in [-0.05, 0) is 67.8 Å². The van der Waals surface area contributed by atoms with Crippen molar-refractivity contribution in [2.75, 3.05) is 6.61 Å². The third-order valence-corrected chi connectivity index (χ3v) is 11.2. The molecule has 0 radical (unpaired) electrons. The van der Waals surface area contributed by atoms with Crippen LogP contribution in [0, 0.1) is 5.92 Å². The van der Waals surface area contributed by atoms with E-state index in [-0.39, 0.29) is 0 Å². The SMILES string of the molecule is C=C(COC(CC)CC)[C@H]1CCCC(O[Si](CC)(CC)CC)=C1CCCC. The Hall–Kier alpha value is -0.543. The summed E-state index contributed by atoms with van der Waals surface area (Å²) in [6, 6.07) is 3.65. The fourth-order valence-electron chi connectivity index (χ4n) is 4.32. The van der Waals surface area contributed by atoms with Gasteiger partial charge in [0.25, 0.3) is 0 Å². The number of hydrogen-bond acceptors (Lipinski definition) is 2. The summed E-state index contributed by atoms with van der Waals surface area (Å²) in [5.41, 5.74) is 2.83. The zero-order chi connectivity index (χ0) is 20.3. The van der Waals surface area contributed by atoms with E-state index in [0.29, 0.717) is 18.6 Å². The van der Waals surface area contributed by atoms with Gasteiger partial charge in [0.1, 0.15) is 0 Å². The highest BCUT2D eigenvalue weighted by molar-refractivity contribution is 6.73. The van der Waals surface area contributed by atoms with Crippen LogP contribution in [0.4, 0.5) is 0 Å². The third kappa shape index (κ3) is 7.09. The normalized spacial score (nSPS) is 18.3. The second-order valence-electron chi connectivity index (χ2n) is 8.25. The maximum absolute atomic E-state index is 6.92. The maximum Gasteiger partial charge on any atom is 0.250 e. The maximum atomic E-state index is 6.92. The molecule has 1 aliphatic carbocycles. The summed E-state index contributed by atoms with van der Waals surface area (Å²) in [5.74, 6) is 1.81. The molecule has 0 N–H and O–H groups in total. The first kappa shape index (κ1) is 24.5. The van der Waals surface area contributed by atoms with Crippen molar-refractivity contribution in [1.82, 2.24) is 0 Å². The third-order valence-electron chi connectivity index (χ3n) is 6.66. The quantitative estimate of drug-likeness (QED) is 0.219. The molecule has 27 heavy (non-hydrogen) atoms. The average Bonchev–Trinajstić information content (AvgIpc) is 2.71. The first-order valence-corrected chi connectivity index (χ1v) is 14.2. The van der Waals surface area contributed by atoms with Crippen molar-refractivity contribution < 1.29 is 9.16 Å². The van der Waals surface area contributed by atoms with Crippen LogP contribution in [-0.2, 0) is 9.16 Å². The first-order chi connectivity index (χ1) is 13.0. The lowest BCUT2D eigenvalue weighted by Crippen LogP contribution is -2.36. The second-order valence-corrected chi connectivity index (χ2v) is 12.9. The Morgan fingerprint density at radius 2 is 1.70 bits per heavy atom. The minimum absolute atomic E-state index is 0.365. The number of allylic oxidation sites excluding steroid dienone is 2. The lowest BCUT2D eigenvalue weighted by Gasteiger charge is -2.37. The van der Waals surface area contributed by atoms with Crippen LogP contribution in [0.25, 0.3) is 0 Å². The van der Waals surface area contributed by atoms with Crippen molar-refractivity contribution >= 4 is 8.32 Å². The van der Waals surface area contributed by atoms with Gasteiger partial charge in [-0.3, -0.25) is 0 Å². The summed E-state index contributed by atoms with van der Waals surface area (Å²) in [5, 5.41) is 0. The van der Waals surface area contributed by atoms with Gasteiger partial charge in [0.05, 0.1) is 18.5 Å². The second kappa shape index (κ2) is 12.8. The molecule has 0 unspecified atom stereocenters. The molecule has 0 amide bonds. The van der Waals surface area contributed by atoms with E-state index in [1.165, 1.54) is 61.6 Å². The van der Waals surface area contributed by atoms with Crippen LogP contribution in [0.1, 0.15) is 92.9 Å². The van der Waals surface area contributed by atoms with Gasteiger partial charge in [0.15, 0.2) is 0 Å². The fourth-order valence-corrected chi connectivity index (χ4v) is 7.01. The van der Waals surface area contributed by atoms with Crippen molar-refractivity contribution in [1.29, 1.82) is 0 Å². The Bertz CT molecular complexity index is 453. The predicted molar refractivity (Wildman–Crippen MR) is 122 cm³/mol. The summed E-state index contributed by atoms with van der Waals surface area (Å²) < 4.78 is 13.1. The van der Waals surface area contributed by atoms with Gasteiger partial charge < -0.3 is 9.16 Å². The molecule has 3 heteroatoms. The van der Waals surface area contributed by atoms with Crippen LogP contribution in [0.15, 0.2) is 23.5 Å². The zero-order valence-corrected chi connectivity index (χ0v) is 20.2. The predicted octanol–water partition coefficient (Wildman–Crippen LogP) is 8.01. The number of ether oxygens (including phenoxy) is 1. The molecule has 0 heterocycles. The number of hydrogen-bond donors (Lipinski definition) is 0. The zero-order valence-electron chi connectivity index (χ0n) is 19.2. The topological polar surface area (TPSA) is 18.5 Å². The Kier molecular flexibility index (Phi) is 11.6. The molecule has 0 saturated carbocycles. The summed E-state index contributed by atoms with van der Waals surface area (Å²) in [6.07, 6.45) is 9.75. The van der Waals surface area contributed by atoms with Crippen molar-refractivity contribution in [2.45, 2.75) is 117 Å². The van der Waals surface area contributed by atoms with Gasteiger partial charge in [-0.2, -0.15) is 0 Å². The highest BCUT2D eigenvalue weighted by Crippen LogP contribution is 2.40. The van der Waals surface area contributed by atoms with Crippen LogP contribution in [0.5, 0.6) is 0 Å². The van der Waals surface area contributed by atoms with Crippen LogP contribution in [-0.4, -0.2) is 21.0 Å². The van der Waals surface area contributed by atoms with Crippen LogP contribution in [0.2, 0.25) is 18.1 Å². The molecule has 0 aromatic heterocycles. The summed E-state index contributed by atoms with van der Waals surface area (Å²) in [7, 11) is -1.62. The molecule has 2 nitrogen and oxygen atoms in total. The summed E-state index contributed by atoms with van der Waals surface area (Å²) in [6.45, 7) is 18.9. The molecule has 0 bridgehead atoms. The van der Waals surface area contributed by atoms with Crippen LogP contribution >= 0.6 is 0 Å². The minimum atomic E-state index is -1.62. The minimum Gasteiger partial charge on any atom is -0.547 e. The summed E-state index contributed by atoms with van der Waals surface area (Å²) in [4.78, 5) is 0. The molecule has 1 rings (SSSR count). The van der Waals surface area contributed by atoms with E-state index >= 15 is 0 Å². The number of rotatable bonds is 14. The van der Waals surface area contributed by atoms with E-state index in [9.17, 15) is 0 Å². The van der Waals surface area contributed by atoms with Crippen molar-refractivity contribution in [2.24, 2.45) is 5.92 Å². The molecule has 0 aromatic carbocycles. The largest absolute Gasteiger partial charge is 0.547 e. The van der Waals surface area contributed by atoms with Crippen LogP contribution in [0.3, 0.4) is 0 Å². The van der Waals surface area contributed by atoms with Crippen molar-refractivity contribution in [3.8, 4) is 0 Å². The van der Waals surface area contributed by atoms with Gasteiger partial charge in [-0.1, -0.05) is 54.5 Å². The lowest BCUT2D eigenvalue weighted by atomic mass is 9.80. The van der Waals surface area contributed by atoms with E-state index in [1.807, 2.05) is 0 Å². The molecule has 0 aliphatic heterocycles. The van der Waals surface area contributed by atoms with Crippen LogP contribution < -0.4 is 0 Å². The molecule has 0 spiro atoms. The van der Waals surface area contributed by atoms with E-state index in [0.717, 1.165) is 19.3 Å². The fraction of sp³-hybridized carbons (Fsp3) is 0.833. The Balaban J connectivity index is 3.02. The molecule has 1 aliphatic rings. The molecule has 0 saturated heterocycles. The van der Waals surface area contributed by atoms with Gasteiger partial charge in [0, 0.05) is 12.3 Å². The Morgan fingerprint density at radius 3 is 2.22 bits per heavy atom. The summed E-state index contributed by atoms with van der Waals surface area (Å²) >= 11 is 0. The van der Waals surface area contributed by atoms with E-state index in [2.05, 4.69) is 48.1 Å². The highest BCUT2D eigenvalue weighted by Gasteiger charge is 2.34. The smallest absolute Gasteiger partial charge is 0.250 e. The average molecular weight is 395 g/mol. The van der Waals surface area contributed by atoms with E-state index < -0.39 is 8.32 Å². The monoisotopic (exact) mass is 394 g/mol. The van der Waals surface area contributed by atoms with Crippen molar-refractivity contribution in [3.63, 3.8) is 0 Å². The molecule has 1 atom stereocenters. The van der Waals surface area contributed by atoms with Gasteiger partial charge in [-0.15, -0.1) is 0 Å². The Labute approximate surface area is 170 Å². The van der Waals surface area contributed by atoms with Gasteiger partial charge >= 0.3 is 0 Å². The molecule has 0 aromatic rings. The Morgan fingerprint density at radius 1 is 1.07 bits per heavy atom.